The Balaban J connectivity index is 2.43. The fourth-order valence-corrected chi connectivity index (χ4v) is 1.84. The van der Waals surface area contributed by atoms with E-state index < -0.39 is 5.60 Å². The monoisotopic (exact) mass is 244 g/mol. The number of amides is 1. The first-order valence-electron chi connectivity index (χ1n) is 6.23. The standard InChI is InChI=1S/C12H24N2O3/c1-12(2,3)17-11(16)14-6-4-5-13(7-8-14)9-10-15/h15H,4-10H2,1-3H3. The van der Waals surface area contributed by atoms with E-state index in [1.165, 1.54) is 0 Å². The molecule has 1 rings (SSSR count). The minimum Gasteiger partial charge on any atom is -0.444 e. The Hall–Kier alpha value is -0.810. The van der Waals surface area contributed by atoms with Gasteiger partial charge >= 0.3 is 6.09 Å². The summed E-state index contributed by atoms with van der Waals surface area (Å²) in [4.78, 5) is 15.8. The van der Waals surface area contributed by atoms with Crippen LogP contribution in [0.25, 0.3) is 0 Å². The number of nitrogens with zero attached hydrogens (tertiary/aromatic N) is 2. The molecular formula is C12H24N2O3. The van der Waals surface area contributed by atoms with Crippen molar-refractivity contribution in [1.29, 1.82) is 0 Å². The van der Waals surface area contributed by atoms with Crippen LogP contribution in [-0.2, 0) is 4.74 Å². The van der Waals surface area contributed by atoms with E-state index in [0.717, 1.165) is 26.1 Å². The SMILES string of the molecule is CC(C)(C)OC(=O)N1CCCN(CCO)CC1. The second kappa shape index (κ2) is 6.21. The van der Waals surface area contributed by atoms with Crippen molar-refractivity contribution in [2.24, 2.45) is 0 Å². The quantitative estimate of drug-likeness (QED) is 0.785. The summed E-state index contributed by atoms with van der Waals surface area (Å²) in [5.74, 6) is 0. The molecule has 1 amide bonds. The van der Waals surface area contributed by atoms with Crippen LogP contribution in [0.1, 0.15) is 27.2 Å². The van der Waals surface area contributed by atoms with Crippen LogP contribution in [0.5, 0.6) is 0 Å². The number of ether oxygens (including phenoxy) is 1. The maximum Gasteiger partial charge on any atom is 0.410 e. The molecule has 0 atom stereocenters. The van der Waals surface area contributed by atoms with Crippen LogP contribution in [0.2, 0.25) is 0 Å². The molecule has 0 aliphatic carbocycles. The van der Waals surface area contributed by atoms with Gasteiger partial charge in [-0.25, -0.2) is 4.79 Å². The van der Waals surface area contributed by atoms with Crippen LogP contribution < -0.4 is 0 Å². The van der Waals surface area contributed by atoms with Gasteiger partial charge in [-0.3, -0.25) is 4.90 Å². The normalized spacial score (nSPS) is 18.9. The van der Waals surface area contributed by atoms with Gasteiger partial charge in [0.25, 0.3) is 0 Å². The van der Waals surface area contributed by atoms with Gasteiger partial charge in [0, 0.05) is 26.2 Å². The van der Waals surface area contributed by atoms with Gasteiger partial charge in [-0.1, -0.05) is 0 Å². The van der Waals surface area contributed by atoms with Crippen molar-refractivity contribution >= 4 is 6.09 Å². The summed E-state index contributed by atoms with van der Waals surface area (Å²) in [6.45, 7) is 9.63. The van der Waals surface area contributed by atoms with E-state index in [1.54, 1.807) is 4.90 Å². The van der Waals surface area contributed by atoms with E-state index in [9.17, 15) is 4.79 Å². The highest BCUT2D eigenvalue weighted by molar-refractivity contribution is 5.68. The topological polar surface area (TPSA) is 53.0 Å². The molecule has 0 aromatic rings. The van der Waals surface area contributed by atoms with Crippen molar-refractivity contribution in [2.45, 2.75) is 32.8 Å². The zero-order valence-electron chi connectivity index (χ0n) is 11.1. The lowest BCUT2D eigenvalue weighted by Gasteiger charge is -2.26. The largest absolute Gasteiger partial charge is 0.444 e. The average Bonchev–Trinajstić information content (AvgIpc) is 2.41. The molecule has 1 aliphatic rings. The summed E-state index contributed by atoms with van der Waals surface area (Å²) < 4.78 is 5.35. The molecule has 0 bridgehead atoms. The maximum atomic E-state index is 11.9. The molecule has 0 aromatic heterocycles. The first-order chi connectivity index (χ1) is 7.92. The summed E-state index contributed by atoms with van der Waals surface area (Å²) in [6.07, 6.45) is 0.697. The Labute approximate surface area is 103 Å². The zero-order valence-corrected chi connectivity index (χ0v) is 11.1. The summed E-state index contributed by atoms with van der Waals surface area (Å²) in [5, 5.41) is 8.89. The molecule has 0 radical (unpaired) electrons. The van der Waals surface area contributed by atoms with Gasteiger partial charge in [0.1, 0.15) is 5.60 Å². The van der Waals surface area contributed by atoms with Crippen molar-refractivity contribution in [3.63, 3.8) is 0 Å². The molecule has 5 heteroatoms. The van der Waals surface area contributed by atoms with Crippen LogP contribution >= 0.6 is 0 Å². The lowest BCUT2D eigenvalue weighted by atomic mass is 10.2. The highest BCUT2D eigenvalue weighted by Gasteiger charge is 2.24. The Morgan fingerprint density at radius 2 is 1.94 bits per heavy atom. The van der Waals surface area contributed by atoms with Gasteiger partial charge < -0.3 is 14.7 Å². The highest BCUT2D eigenvalue weighted by atomic mass is 16.6. The molecule has 100 valence electrons. The van der Waals surface area contributed by atoms with Crippen LogP contribution in [0.4, 0.5) is 4.79 Å². The second-order valence-electron chi connectivity index (χ2n) is 5.39. The van der Waals surface area contributed by atoms with Crippen LogP contribution in [0.15, 0.2) is 0 Å². The predicted molar refractivity (Wildman–Crippen MR) is 65.9 cm³/mol. The molecule has 0 unspecified atom stereocenters. The number of aliphatic hydroxyl groups excluding tert-OH is 1. The minimum atomic E-state index is -0.436. The molecule has 1 heterocycles. The van der Waals surface area contributed by atoms with Crippen molar-refractivity contribution in [3.8, 4) is 0 Å². The second-order valence-corrected chi connectivity index (χ2v) is 5.39. The van der Waals surface area contributed by atoms with Crippen LogP contribution in [-0.4, -0.2) is 65.9 Å². The molecular weight excluding hydrogens is 220 g/mol. The lowest BCUT2D eigenvalue weighted by molar-refractivity contribution is 0.0257. The number of carbonyl (C=O) groups excluding carboxylic acids is 1. The van der Waals surface area contributed by atoms with Gasteiger partial charge in [0.2, 0.25) is 0 Å². The fraction of sp³-hybridized carbons (Fsp3) is 0.917. The van der Waals surface area contributed by atoms with Crippen molar-refractivity contribution in [1.82, 2.24) is 9.80 Å². The smallest absolute Gasteiger partial charge is 0.410 e. The summed E-state index contributed by atoms with van der Waals surface area (Å²) >= 11 is 0. The predicted octanol–water partition coefficient (Wildman–Crippen LogP) is 0.921. The van der Waals surface area contributed by atoms with E-state index in [2.05, 4.69) is 4.90 Å². The summed E-state index contributed by atoms with van der Waals surface area (Å²) in [7, 11) is 0. The Kier molecular flexibility index (Phi) is 5.21. The summed E-state index contributed by atoms with van der Waals surface area (Å²) in [5.41, 5.74) is -0.436. The van der Waals surface area contributed by atoms with Crippen molar-refractivity contribution < 1.29 is 14.6 Å². The molecule has 17 heavy (non-hydrogen) atoms. The summed E-state index contributed by atoms with van der Waals surface area (Å²) in [6, 6.07) is 0. The van der Waals surface area contributed by atoms with Gasteiger partial charge in [0.05, 0.1) is 6.61 Å². The molecule has 0 saturated carbocycles. The number of hydrogen-bond acceptors (Lipinski definition) is 4. The average molecular weight is 244 g/mol. The van der Waals surface area contributed by atoms with E-state index in [-0.39, 0.29) is 12.7 Å². The Bertz CT molecular complexity index is 251. The number of rotatable bonds is 2. The molecule has 1 fully saturated rings. The molecule has 1 N–H and O–H groups in total. The highest BCUT2D eigenvalue weighted by Crippen LogP contribution is 2.11. The third kappa shape index (κ3) is 5.37. The van der Waals surface area contributed by atoms with E-state index in [0.29, 0.717) is 13.1 Å². The molecule has 5 nitrogen and oxygen atoms in total. The van der Waals surface area contributed by atoms with Crippen LogP contribution in [0, 0.1) is 0 Å². The third-order valence-corrected chi connectivity index (χ3v) is 2.66. The zero-order chi connectivity index (χ0) is 12.9. The van der Waals surface area contributed by atoms with Gasteiger partial charge in [-0.2, -0.15) is 0 Å². The maximum absolute atomic E-state index is 11.9. The van der Waals surface area contributed by atoms with Crippen molar-refractivity contribution in [3.05, 3.63) is 0 Å². The molecule has 1 aliphatic heterocycles. The number of hydrogen-bond donors (Lipinski definition) is 1. The lowest BCUT2D eigenvalue weighted by Crippen LogP contribution is -2.39. The Morgan fingerprint density at radius 1 is 1.24 bits per heavy atom. The van der Waals surface area contributed by atoms with Gasteiger partial charge in [0.15, 0.2) is 0 Å². The van der Waals surface area contributed by atoms with E-state index >= 15 is 0 Å². The molecule has 0 aromatic carbocycles. The van der Waals surface area contributed by atoms with Crippen molar-refractivity contribution in [2.75, 3.05) is 39.3 Å². The Morgan fingerprint density at radius 3 is 2.53 bits per heavy atom. The number of aliphatic hydroxyl groups is 1. The fourth-order valence-electron chi connectivity index (χ4n) is 1.84. The number of carbonyl (C=O) groups is 1. The third-order valence-electron chi connectivity index (χ3n) is 2.66. The van der Waals surface area contributed by atoms with Gasteiger partial charge in [-0.15, -0.1) is 0 Å². The molecule has 0 spiro atoms. The first kappa shape index (κ1) is 14.3. The van der Waals surface area contributed by atoms with E-state index in [1.807, 2.05) is 20.8 Å². The van der Waals surface area contributed by atoms with Gasteiger partial charge in [-0.05, 0) is 33.7 Å². The molecule has 1 saturated heterocycles. The number of β-amino-alcohol motifs (C(OH)–C–C–N with tert-alkyl or cyclic N) is 1. The van der Waals surface area contributed by atoms with E-state index in [4.69, 9.17) is 9.84 Å². The minimum absolute atomic E-state index is 0.173. The first-order valence-corrected chi connectivity index (χ1v) is 6.23. The van der Waals surface area contributed by atoms with Crippen LogP contribution in [0.3, 0.4) is 0 Å².